The van der Waals surface area contributed by atoms with E-state index in [0.29, 0.717) is 11.7 Å². The van der Waals surface area contributed by atoms with Crippen LogP contribution in [0.2, 0.25) is 0 Å². The average Bonchev–Trinajstić information content (AvgIpc) is 3.29. The lowest BCUT2D eigenvalue weighted by Crippen LogP contribution is -2.45. The summed E-state index contributed by atoms with van der Waals surface area (Å²) in [6, 6.07) is 0.931. The molecule has 8 heteroatoms. The van der Waals surface area contributed by atoms with Crippen LogP contribution in [0, 0.1) is 5.41 Å². The smallest absolute Gasteiger partial charge is 0.276 e. The second-order valence-corrected chi connectivity index (χ2v) is 8.99. The highest BCUT2D eigenvalue weighted by Crippen LogP contribution is 2.28. The van der Waals surface area contributed by atoms with Crippen LogP contribution in [0.3, 0.4) is 0 Å². The molecule has 4 heterocycles. The first kappa shape index (κ1) is 18.8. The number of hydrogen-bond donors (Lipinski definition) is 0. The Kier molecular flexibility index (Phi) is 5.22. The maximum absolute atomic E-state index is 12.9. The second-order valence-electron chi connectivity index (χ2n) is 8.99. The number of ether oxygens (including phenoxy) is 1. The number of hydrogen-bond acceptors (Lipinski definition) is 6. The summed E-state index contributed by atoms with van der Waals surface area (Å²) < 4.78 is 7.07. The van der Waals surface area contributed by atoms with E-state index < -0.39 is 0 Å². The molecular weight excluding hydrogens is 344 g/mol. The van der Waals surface area contributed by atoms with Crippen LogP contribution < -0.4 is 0 Å². The van der Waals surface area contributed by atoms with Gasteiger partial charge in [0.05, 0.1) is 26.0 Å². The second kappa shape index (κ2) is 7.48. The van der Waals surface area contributed by atoms with E-state index in [1.54, 1.807) is 10.9 Å². The van der Waals surface area contributed by atoms with E-state index in [-0.39, 0.29) is 17.4 Å². The Morgan fingerprint density at radius 2 is 2.04 bits per heavy atom. The molecule has 8 nitrogen and oxygen atoms in total. The Balaban J connectivity index is 1.32. The Hall–Kier alpha value is -1.51. The van der Waals surface area contributed by atoms with Gasteiger partial charge in [-0.3, -0.25) is 14.4 Å². The molecule has 1 unspecified atom stereocenters. The van der Waals surface area contributed by atoms with Gasteiger partial charge in [-0.1, -0.05) is 12.1 Å². The van der Waals surface area contributed by atoms with E-state index in [9.17, 15) is 4.79 Å². The molecule has 0 spiro atoms. The molecule has 1 aromatic rings. The quantitative estimate of drug-likeness (QED) is 0.748. The molecule has 3 aliphatic rings. The number of carbonyl (C=O) groups is 1. The van der Waals surface area contributed by atoms with Gasteiger partial charge in [-0.05, 0) is 39.4 Å². The van der Waals surface area contributed by atoms with Crippen molar-refractivity contribution in [3.8, 4) is 0 Å². The van der Waals surface area contributed by atoms with Gasteiger partial charge in [0.1, 0.15) is 0 Å². The molecule has 3 saturated heterocycles. The van der Waals surface area contributed by atoms with Crippen molar-refractivity contribution < 1.29 is 9.53 Å². The van der Waals surface area contributed by atoms with Crippen LogP contribution in [0.1, 0.15) is 36.7 Å². The van der Waals surface area contributed by atoms with Crippen molar-refractivity contribution in [3.05, 3.63) is 11.9 Å². The molecule has 0 saturated carbocycles. The molecule has 1 atom stereocenters. The van der Waals surface area contributed by atoms with E-state index in [1.807, 2.05) is 11.9 Å². The van der Waals surface area contributed by atoms with Crippen LogP contribution in [0.5, 0.6) is 0 Å². The molecule has 0 aromatic carbocycles. The number of amides is 1. The first-order valence-corrected chi connectivity index (χ1v) is 10.1. The summed E-state index contributed by atoms with van der Waals surface area (Å²) in [5.41, 5.74) is 0.555. The predicted octanol–water partition coefficient (Wildman–Crippen LogP) is 0.555. The van der Waals surface area contributed by atoms with Crippen LogP contribution in [0.15, 0.2) is 6.20 Å². The summed E-state index contributed by atoms with van der Waals surface area (Å²) >= 11 is 0. The molecule has 0 aliphatic carbocycles. The lowest BCUT2D eigenvalue weighted by atomic mass is 9.89. The third-order valence-electron chi connectivity index (χ3n) is 6.47. The maximum Gasteiger partial charge on any atom is 0.276 e. The highest BCUT2D eigenvalue weighted by Gasteiger charge is 2.36. The lowest BCUT2D eigenvalue weighted by molar-refractivity contribution is -0.111. The zero-order valence-corrected chi connectivity index (χ0v) is 16.8. The largest absolute Gasteiger partial charge is 0.380 e. The molecule has 3 aliphatic heterocycles. The van der Waals surface area contributed by atoms with Crippen LogP contribution in [0.25, 0.3) is 0 Å². The highest BCUT2D eigenvalue weighted by molar-refractivity contribution is 5.92. The number of rotatable bonds is 5. The fourth-order valence-corrected chi connectivity index (χ4v) is 4.53. The van der Waals surface area contributed by atoms with Crippen molar-refractivity contribution in [2.45, 2.75) is 44.8 Å². The van der Waals surface area contributed by atoms with Crippen LogP contribution in [-0.4, -0.2) is 101 Å². The number of carbonyl (C=O) groups excluding carboxylic acids is 1. The summed E-state index contributed by atoms with van der Waals surface area (Å²) in [4.78, 5) is 19.7. The lowest BCUT2D eigenvalue weighted by Gasteiger charge is -2.37. The Bertz CT molecular complexity index is 665. The maximum atomic E-state index is 12.9. The van der Waals surface area contributed by atoms with E-state index in [1.165, 1.54) is 25.9 Å². The molecule has 0 bridgehead atoms. The molecule has 150 valence electrons. The monoisotopic (exact) mass is 376 g/mol. The van der Waals surface area contributed by atoms with E-state index >= 15 is 0 Å². The molecular formula is C19H32N6O2. The van der Waals surface area contributed by atoms with E-state index in [4.69, 9.17) is 4.74 Å². The fraction of sp³-hybridized carbons (Fsp3) is 0.842. The van der Waals surface area contributed by atoms with E-state index in [0.717, 1.165) is 39.3 Å². The van der Waals surface area contributed by atoms with Gasteiger partial charge in [0.25, 0.3) is 5.91 Å². The van der Waals surface area contributed by atoms with Gasteiger partial charge in [-0.25, -0.2) is 0 Å². The van der Waals surface area contributed by atoms with E-state index in [2.05, 4.69) is 34.1 Å². The van der Waals surface area contributed by atoms with Crippen molar-refractivity contribution in [3.63, 3.8) is 0 Å². The predicted molar refractivity (Wildman–Crippen MR) is 102 cm³/mol. The Labute approximate surface area is 161 Å². The minimum Gasteiger partial charge on any atom is -0.380 e. The minimum atomic E-state index is -0.0218. The van der Waals surface area contributed by atoms with Gasteiger partial charge in [0, 0.05) is 37.6 Å². The summed E-state index contributed by atoms with van der Waals surface area (Å²) in [7, 11) is 4.10. The summed E-state index contributed by atoms with van der Waals surface area (Å²) in [5.74, 6) is -0.0218. The summed E-state index contributed by atoms with van der Waals surface area (Å²) in [6.45, 7) is 8.80. The van der Waals surface area contributed by atoms with Crippen molar-refractivity contribution in [2.24, 2.45) is 5.41 Å². The normalized spacial score (nSPS) is 26.9. The molecule has 4 rings (SSSR count). The number of piperidine rings is 1. The number of nitrogens with zero attached hydrogens (tertiary/aromatic N) is 6. The average molecular weight is 377 g/mol. The van der Waals surface area contributed by atoms with Crippen molar-refractivity contribution in [2.75, 3.05) is 53.5 Å². The van der Waals surface area contributed by atoms with Gasteiger partial charge >= 0.3 is 0 Å². The molecule has 0 radical (unpaired) electrons. The third kappa shape index (κ3) is 4.02. The Morgan fingerprint density at radius 3 is 2.70 bits per heavy atom. The molecule has 3 fully saturated rings. The van der Waals surface area contributed by atoms with Gasteiger partial charge in [-0.2, -0.15) is 0 Å². The van der Waals surface area contributed by atoms with Gasteiger partial charge in [0.2, 0.25) is 0 Å². The van der Waals surface area contributed by atoms with Crippen molar-refractivity contribution in [1.82, 2.24) is 29.7 Å². The van der Waals surface area contributed by atoms with Gasteiger partial charge < -0.3 is 14.5 Å². The number of likely N-dealkylation sites (tertiary alicyclic amines) is 2. The van der Waals surface area contributed by atoms with Gasteiger partial charge in [-0.15, -0.1) is 5.10 Å². The highest BCUT2D eigenvalue weighted by atomic mass is 16.5. The molecule has 1 aromatic heterocycles. The topological polar surface area (TPSA) is 66.7 Å². The van der Waals surface area contributed by atoms with Crippen LogP contribution in [0.4, 0.5) is 0 Å². The molecule has 1 amide bonds. The first-order chi connectivity index (χ1) is 12.9. The number of aromatic nitrogens is 3. The third-order valence-corrected chi connectivity index (χ3v) is 6.47. The fourth-order valence-electron chi connectivity index (χ4n) is 4.53. The minimum absolute atomic E-state index is 0.0218. The van der Waals surface area contributed by atoms with Crippen molar-refractivity contribution >= 4 is 5.91 Å². The number of likely N-dealkylation sites (N-methyl/N-ethyl adjacent to an activating group) is 1. The van der Waals surface area contributed by atoms with Crippen LogP contribution in [-0.2, 0) is 11.3 Å². The Morgan fingerprint density at radius 1 is 1.30 bits per heavy atom. The SMILES string of the molecule is CN1CCC(N2CCC(N(C)C(=O)c3cn(CC4(C)COC4)nn3)C2)CC1. The summed E-state index contributed by atoms with van der Waals surface area (Å²) in [6.07, 6.45) is 5.29. The summed E-state index contributed by atoms with van der Waals surface area (Å²) in [5, 5.41) is 8.29. The zero-order valence-electron chi connectivity index (χ0n) is 16.8. The first-order valence-electron chi connectivity index (χ1n) is 10.1. The standard InChI is InChI=1S/C19H32N6O2/c1-19(13-27-14-19)12-25-11-17(20-21-25)18(26)23(3)16-6-9-24(10-16)15-4-7-22(2)8-5-15/h11,15-16H,4-10,12-14H2,1-3H3. The van der Waals surface area contributed by atoms with Crippen molar-refractivity contribution in [1.29, 1.82) is 0 Å². The molecule has 27 heavy (non-hydrogen) atoms. The zero-order chi connectivity index (χ0) is 19.0. The molecule has 0 N–H and O–H groups in total. The van der Waals surface area contributed by atoms with Gasteiger partial charge in [0.15, 0.2) is 5.69 Å². The van der Waals surface area contributed by atoms with Crippen LogP contribution >= 0.6 is 0 Å².